The van der Waals surface area contributed by atoms with E-state index < -0.39 is 10.0 Å². The maximum absolute atomic E-state index is 12.8. The second-order valence-corrected chi connectivity index (χ2v) is 9.08. The van der Waals surface area contributed by atoms with Gasteiger partial charge in [0.1, 0.15) is 4.90 Å². The van der Waals surface area contributed by atoms with Gasteiger partial charge in [-0.3, -0.25) is 0 Å². The lowest BCUT2D eigenvalue weighted by molar-refractivity contribution is 0.0405. The van der Waals surface area contributed by atoms with Crippen LogP contribution in [0.2, 0.25) is 5.02 Å². The molecule has 0 N–H and O–H groups in total. The summed E-state index contributed by atoms with van der Waals surface area (Å²) >= 11 is 9.37. The third-order valence-corrected chi connectivity index (χ3v) is 7.18. The first-order valence-corrected chi connectivity index (χ1v) is 10.6. The minimum absolute atomic E-state index is 0.0537. The van der Waals surface area contributed by atoms with E-state index in [1.165, 1.54) is 10.4 Å². The molecule has 2 aliphatic heterocycles. The van der Waals surface area contributed by atoms with Gasteiger partial charge in [-0.2, -0.15) is 4.31 Å². The van der Waals surface area contributed by atoms with Crippen LogP contribution in [-0.4, -0.2) is 81.0 Å². The molecule has 3 rings (SSSR count). The molecule has 0 aromatic heterocycles. The molecular weight excluding hydrogens is 434 g/mol. The van der Waals surface area contributed by atoms with Gasteiger partial charge in [-0.15, -0.1) is 0 Å². The van der Waals surface area contributed by atoms with Crippen LogP contribution >= 0.6 is 27.5 Å². The van der Waals surface area contributed by atoms with Crippen LogP contribution in [0.5, 0.6) is 0 Å². The molecule has 2 fully saturated rings. The molecule has 10 heteroatoms. The molecule has 0 aliphatic carbocycles. The van der Waals surface area contributed by atoms with Crippen LogP contribution < -0.4 is 0 Å². The molecule has 1 aromatic rings. The average Bonchev–Trinajstić information content (AvgIpc) is 2.61. The molecule has 2 heterocycles. The minimum atomic E-state index is -3.67. The molecule has 1 aromatic carbocycles. The molecule has 0 spiro atoms. The summed E-state index contributed by atoms with van der Waals surface area (Å²) in [6, 6.07) is 4.65. The zero-order valence-electron chi connectivity index (χ0n) is 13.5. The third kappa shape index (κ3) is 4.11. The maximum atomic E-state index is 12.8. The van der Waals surface area contributed by atoms with Crippen molar-refractivity contribution in [2.45, 2.75) is 4.90 Å². The third-order valence-electron chi connectivity index (χ3n) is 4.30. The van der Waals surface area contributed by atoms with Gasteiger partial charge in [-0.05, 0) is 18.2 Å². The van der Waals surface area contributed by atoms with Gasteiger partial charge in [0.05, 0.1) is 18.2 Å². The van der Waals surface area contributed by atoms with Crippen LogP contribution in [-0.2, 0) is 14.8 Å². The molecule has 0 unspecified atom stereocenters. The minimum Gasteiger partial charge on any atom is -0.378 e. The van der Waals surface area contributed by atoms with Crippen LogP contribution in [0.1, 0.15) is 0 Å². The van der Waals surface area contributed by atoms with Crippen LogP contribution in [0.15, 0.2) is 27.6 Å². The molecule has 0 atom stereocenters. The number of nitrogens with zero attached hydrogens (tertiary/aromatic N) is 3. The highest BCUT2D eigenvalue weighted by Gasteiger charge is 2.33. The normalized spacial score (nSPS) is 19.9. The van der Waals surface area contributed by atoms with E-state index in [1.807, 2.05) is 0 Å². The Morgan fingerprint density at radius 1 is 1.04 bits per heavy atom. The first kappa shape index (κ1) is 18.9. The number of carbonyl (C=O) groups is 1. The highest BCUT2D eigenvalue weighted by atomic mass is 79.9. The Morgan fingerprint density at radius 2 is 1.64 bits per heavy atom. The van der Waals surface area contributed by atoms with Gasteiger partial charge in [0.25, 0.3) is 0 Å². The van der Waals surface area contributed by atoms with Crippen LogP contribution in [0.4, 0.5) is 4.79 Å². The van der Waals surface area contributed by atoms with Crippen LogP contribution in [0.3, 0.4) is 0 Å². The van der Waals surface area contributed by atoms with Crippen molar-refractivity contribution >= 4 is 43.6 Å². The standard InChI is InChI=1S/C15H19BrClN3O4S/c16-12-1-2-14(13(17)11-12)25(22,23)20-5-3-18(4-6-20)15(21)19-7-9-24-10-8-19/h1-2,11H,3-10H2. The summed E-state index contributed by atoms with van der Waals surface area (Å²) in [4.78, 5) is 16.0. The van der Waals surface area contributed by atoms with Crippen LogP contribution in [0.25, 0.3) is 0 Å². The van der Waals surface area contributed by atoms with E-state index in [1.54, 1.807) is 21.9 Å². The van der Waals surface area contributed by atoms with Gasteiger partial charge in [0.15, 0.2) is 0 Å². The summed E-state index contributed by atoms with van der Waals surface area (Å²) in [6.45, 7) is 3.48. The fraction of sp³-hybridized carbons (Fsp3) is 0.533. The monoisotopic (exact) mass is 451 g/mol. The molecule has 0 saturated carbocycles. The predicted octanol–water partition coefficient (Wildman–Crippen LogP) is 1.86. The number of carbonyl (C=O) groups excluding carboxylic acids is 1. The molecule has 2 saturated heterocycles. The quantitative estimate of drug-likeness (QED) is 0.687. The van der Waals surface area contributed by atoms with Gasteiger partial charge >= 0.3 is 6.03 Å². The van der Waals surface area contributed by atoms with Gasteiger partial charge < -0.3 is 14.5 Å². The van der Waals surface area contributed by atoms with E-state index in [2.05, 4.69) is 15.9 Å². The van der Waals surface area contributed by atoms with Crippen molar-refractivity contribution in [1.29, 1.82) is 0 Å². The molecule has 138 valence electrons. The molecule has 2 amide bonds. The topological polar surface area (TPSA) is 70.2 Å². The first-order valence-electron chi connectivity index (χ1n) is 7.96. The van der Waals surface area contributed by atoms with Crippen molar-refractivity contribution < 1.29 is 17.9 Å². The number of hydrogen-bond acceptors (Lipinski definition) is 4. The first-order chi connectivity index (χ1) is 11.9. The summed E-state index contributed by atoms with van der Waals surface area (Å²) in [5.41, 5.74) is 0. The summed E-state index contributed by atoms with van der Waals surface area (Å²) in [6.07, 6.45) is 0. The zero-order valence-corrected chi connectivity index (χ0v) is 16.7. The second-order valence-electron chi connectivity index (χ2n) is 5.85. The molecule has 7 nitrogen and oxygen atoms in total. The van der Waals surface area contributed by atoms with E-state index in [0.29, 0.717) is 39.4 Å². The van der Waals surface area contributed by atoms with E-state index in [4.69, 9.17) is 16.3 Å². The number of urea groups is 1. The molecule has 0 radical (unpaired) electrons. The number of morpholine rings is 1. The van der Waals surface area contributed by atoms with Gasteiger partial charge in [0, 0.05) is 43.7 Å². The maximum Gasteiger partial charge on any atom is 0.320 e. The Hall–Kier alpha value is -0.870. The number of amides is 2. The number of ether oxygens (including phenoxy) is 1. The van der Waals surface area contributed by atoms with Crippen LogP contribution in [0, 0.1) is 0 Å². The molecule has 2 aliphatic rings. The SMILES string of the molecule is O=C(N1CCOCC1)N1CCN(S(=O)(=O)c2ccc(Br)cc2Cl)CC1. The number of piperazine rings is 1. The zero-order chi connectivity index (χ0) is 18.0. The van der Waals surface area contributed by atoms with Gasteiger partial charge in [-0.1, -0.05) is 27.5 Å². The molecule has 0 bridgehead atoms. The molecule has 25 heavy (non-hydrogen) atoms. The Balaban J connectivity index is 1.66. The molecular formula is C15H19BrClN3O4S. The summed E-state index contributed by atoms with van der Waals surface area (Å²) in [7, 11) is -3.67. The van der Waals surface area contributed by atoms with Crippen molar-refractivity contribution in [1.82, 2.24) is 14.1 Å². The van der Waals surface area contributed by atoms with Gasteiger partial charge in [0.2, 0.25) is 10.0 Å². The Labute approximate surface area is 160 Å². The highest BCUT2D eigenvalue weighted by molar-refractivity contribution is 9.10. The second kappa shape index (κ2) is 7.79. The van der Waals surface area contributed by atoms with Crippen molar-refractivity contribution in [3.05, 3.63) is 27.7 Å². The summed E-state index contributed by atoms with van der Waals surface area (Å²) in [5.74, 6) is 0. The van der Waals surface area contributed by atoms with E-state index in [9.17, 15) is 13.2 Å². The highest BCUT2D eigenvalue weighted by Crippen LogP contribution is 2.28. The van der Waals surface area contributed by atoms with Crippen molar-refractivity contribution in [2.24, 2.45) is 0 Å². The van der Waals surface area contributed by atoms with E-state index >= 15 is 0 Å². The number of benzene rings is 1. The smallest absolute Gasteiger partial charge is 0.320 e. The predicted molar refractivity (Wildman–Crippen MR) is 97.3 cm³/mol. The number of sulfonamides is 1. The number of hydrogen-bond donors (Lipinski definition) is 0. The Bertz CT molecular complexity index is 747. The lowest BCUT2D eigenvalue weighted by Gasteiger charge is -2.38. The lowest BCUT2D eigenvalue weighted by atomic mass is 10.3. The fourth-order valence-electron chi connectivity index (χ4n) is 2.90. The number of rotatable bonds is 2. The largest absolute Gasteiger partial charge is 0.378 e. The van der Waals surface area contributed by atoms with Crippen molar-refractivity contribution in [3.8, 4) is 0 Å². The Morgan fingerprint density at radius 3 is 2.24 bits per heavy atom. The Kier molecular flexibility index (Phi) is 5.89. The van der Waals surface area contributed by atoms with Crippen molar-refractivity contribution in [2.75, 3.05) is 52.5 Å². The van der Waals surface area contributed by atoms with E-state index in [0.717, 1.165) is 4.47 Å². The summed E-state index contributed by atoms with van der Waals surface area (Å²) in [5, 5.41) is 0.182. The average molecular weight is 453 g/mol. The van der Waals surface area contributed by atoms with Gasteiger partial charge in [-0.25, -0.2) is 13.2 Å². The summed E-state index contributed by atoms with van der Waals surface area (Å²) < 4.78 is 32.9. The lowest BCUT2D eigenvalue weighted by Crippen LogP contribution is -2.55. The number of halogens is 2. The van der Waals surface area contributed by atoms with Crippen molar-refractivity contribution in [3.63, 3.8) is 0 Å². The van der Waals surface area contributed by atoms with E-state index in [-0.39, 0.29) is 29.0 Å². The fourth-order valence-corrected chi connectivity index (χ4v) is 5.33.